The van der Waals surface area contributed by atoms with E-state index in [0.717, 1.165) is 25.7 Å². The number of hydrogen-bond acceptors (Lipinski definition) is 2. The minimum Gasteiger partial charge on any atom is -0.310 e. The van der Waals surface area contributed by atoms with Crippen molar-refractivity contribution in [3.05, 3.63) is 191 Å². The molecule has 0 unspecified atom stereocenters. The van der Waals surface area contributed by atoms with E-state index in [1.807, 2.05) is 0 Å². The lowest BCUT2D eigenvalue weighted by Gasteiger charge is -2.42. The Morgan fingerprint density at radius 2 is 0.535 bits per heavy atom. The third-order valence-electron chi connectivity index (χ3n) is 20.1. The van der Waals surface area contributed by atoms with Crippen LogP contribution in [0.25, 0.3) is 22.3 Å². The van der Waals surface area contributed by atoms with Crippen LogP contribution >= 0.6 is 0 Å². The van der Waals surface area contributed by atoms with Gasteiger partial charge in [-0.2, -0.15) is 0 Å². The van der Waals surface area contributed by atoms with Crippen LogP contribution in [0.2, 0.25) is 0 Å². The van der Waals surface area contributed by atoms with Crippen LogP contribution in [0.4, 0.5) is 34.1 Å². The van der Waals surface area contributed by atoms with E-state index in [2.05, 4.69) is 237 Å². The molecule has 7 aromatic carbocycles. The van der Waals surface area contributed by atoms with Crippen LogP contribution in [0.3, 0.4) is 0 Å². The zero-order valence-corrected chi connectivity index (χ0v) is 55.7. The number of unbranched alkanes of at least 4 members (excludes halogenated alkanes) is 20. The molecular weight excluding hydrogens is 1040 g/mol. The average Bonchev–Trinajstić information content (AvgIpc) is 1.49. The quantitative estimate of drug-likeness (QED) is 0.0293. The molecule has 0 bridgehead atoms. The number of anilines is 6. The molecule has 9 rings (SSSR count). The molecule has 0 atom stereocenters. The minimum atomic E-state index is -0.254. The van der Waals surface area contributed by atoms with Gasteiger partial charge in [-0.15, -0.1) is 0 Å². The zero-order chi connectivity index (χ0) is 60.6. The molecule has 0 saturated heterocycles. The summed E-state index contributed by atoms with van der Waals surface area (Å²) in [6.07, 6.45) is 35.2. The molecule has 2 nitrogen and oxygen atoms in total. The standard InChI is InChI=1S/C84H112N2/c1-11-15-19-23-27-41-61-83(62-42-28-24-20-16-12-2)73-51-39-37-49-71(73)75-77(83)79(85(67-45-33-31-34-46-67)69-57-53-65(54-58-69)81(5,6)7)76-72-50-38-40-52-74(72)84(63-43-29-25-21-17-13-3,64-44-30-26-22-18-14-4)78(76)80(75)86(68-47-35-32-36-48-68)70-59-55-66(56-60-70)82(8,9)10/h31-40,45-60H,11-30,41-44,61-64H2,1-10H3. The van der Waals surface area contributed by atoms with Gasteiger partial charge in [-0.25, -0.2) is 0 Å². The normalized spacial score (nSPS) is 13.8. The summed E-state index contributed by atoms with van der Waals surface area (Å²) in [4.78, 5) is 5.62. The maximum absolute atomic E-state index is 2.81. The molecule has 0 aliphatic heterocycles. The predicted molar refractivity (Wildman–Crippen MR) is 378 cm³/mol. The van der Waals surface area contributed by atoms with E-state index in [-0.39, 0.29) is 21.7 Å². The summed E-state index contributed by atoms with van der Waals surface area (Å²) in [6.45, 7) is 23.6. The molecule has 0 radical (unpaired) electrons. The molecule has 0 heterocycles. The highest BCUT2D eigenvalue weighted by atomic mass is 15.2. The monoisotopic (exact) mass is 1150 g/mol. The first-order valence-corrected chi connectivity index (χ1v) is 35.2. The van der Waals surface area contributed by atoms with Crippen molar-refractivity contribution >= 4 is 34.1 Å². The molecule has 0 saturated carbocycles. The fourth-order valence-electron chi connectivity index (χ4n) is 15.4. The van der Waals surface area contributed by atoms with Crippen molar-refractivity contribution in [3.8, 4) is 22.3 Å². The van der Waals surface area contributed by atoms with E-state index < -0.39 is 0 Å². The van der Waals surface area contributed by atoms with Crippen LogP contribution in [0.5, 0.6) is 0 Å². The average molecular weight is 1150 g/mol. The maximum atomic E-state index is 2.81. The second-order valence-corrected chi connectivity index (χ2v) is 28.5. The summed E-state index contributed by atoms with van der Waals surface area (Å²) in [5, 5.41) is 0. The molecule has 0 aromatic heterocycles. The van der Waals surface area contributed by atoms with Crippen molar-refractivity contribution < 1.29 is 0 Å². The number of fused-ring (bicyclic) bond motifs is 6. The minimum absolute atomic E-state index is 0.0168. The summed E-state index contributed by atoms with van der Waals surface area (Å²) in [5.41, 5.74) is 22.2. The number of benzene rings is 7. The molecule has 2 aliphatic rings. The molecule has 0 N–H and O–H groups in total. The highest BCUT2D eigenvalue weighted by Gasteiger charge is 2.54. The van der Waals surface area contributed by atoms with E-state index in [9.17, 15) is 0 Å². The Morgan fingerprint density at radius 3 is 0.826 bits per heavy atom. The summed E-state index contributed by atoms with van der Waals surface area (Å²) in [5.74, 6) is 0. The Labute approximate surface area is 525 Å². The van der Waals surface area contributed by atoms with Gasteiger partial charge in [0.2, 0.25) is 0 Å². The van der Waals surface area contributed by atoms with Crippen LogP contribution in [0, 0.1) is 0 Å². The number of hydrogen-bond donors (Lipinski definition) is 0. The molecule has 0 amide bonds. The Hall–Kier alpha value is -5.86. The van der Waals surface area contributed by atoms with Gasteiger partial charge in [-0.1, -0.05) is 333 Å². The topological polar surface area (TPSA) is 6.48 Å². The zero-order valence-electron chi connectivity index (χ0n) is 55.7. The molecule has 0 fully saturated rings. The number of nitrogens with zero attached hydrogens (tertiary/aromatic N) is 2. The summed E-state index contributed by atoms with van der Waals surface area (Å²) in [6, 6.07) is 63.0. The first-order chi connectivity index (χ1) is 41.8. The van der Waals surface area contributed by atoms with Crippen LogP contribution < -0.4 is 9.80 Å². The Kier molecular flexibility index (Phi) is 22.8. The highest BCUT2D eigenvalue weighted by molar-refractivity contribution is 6.10. The van der Waals surface area contributed by atoms with E-state index in [1.165, 1.54) is 222 Å². The maximum Gasteiger partial charge on any atom is 0.0592 e. The van der Waals surface area contributed by atoms with E-state index in [4.69, 9.17) is 0 Å². The fraction of sp³-hybridized carbons (Fsp3) is 0.500. The molecular formula is C84H112N2. The third-order valence-corrected chi connectivity index (χ3v) is 20.1. The Morgan fingerprint density at radius 1 is 0.279 bits per heavy atom. The third kappa shape index (κ3) is 14.3. The van der Waals surface area contributed by atoms with Gasteiger partial charge in [0, 0.05) is 44.7 Å². The first-order valence-electron chi connectivity index (χ1n) is 35.2. The first kappa shape index (κ1) is 64.6. The molecule has 458 valence electrons. The van der Waals surface area contributed by atoms with Crippen LogP contribution in [-0.4, -0.2) is 0 Å². The second-order valence-electron chi connectivity index (χ2n) is 28.5. The van der Waals surface area contributed by atoms with Gasteiger partial charge in [0.25, 0.3) is 0 Å². The van der Waals surface area contributed by atoms with Gasteiger partial charge >= 0.3 is 0 Å². The Balaban J connectivity index is 1.50. The Bertz CT molecular complexity index is 2920. The predicted octanol–water partition coefficient (Wildman–Crippen LogP) is 26.8. The van der Waals surface area contributed by atoms with Gasteiger partial charge in [0.1, 0.15) is 0 Å². The van der Waals surface area contributed by atoms with E-state index >= 15 is 0 Å². The SMILES string of the molecule is CCCCCCCCC1(CCCCCCCC)c2ccccc2-c2c(N(c3ccccc3)c3ccc(C(C)(C)C)cc3)c3c(c(N(c4ccccc4)c4ccc(C(C)(C)C)cc4)c21)-c1ccccc1C3(CCCCCCCC)CCCCCCCC. The number of rotatable bonds is 34. The van der Waals surface area contributed by atoms with Gasteiger partial charge in [-0.3, -0.25) is 0 Å². The van der Waals surface area contributed by atoms with Crippen molar-refractivity contribution in [2.45, 2.75) is 271 Å². The fourth-order valence-corrected chi connectivity index (χ4v) is 15.4. The largest absolute Gasteiger partial charge is 0.310 e. The van der Waals surface area contributed by atoms with Crippen molar-refractivity contribution in [2.24, 2.45) is 0 Å². The lowest BCUT2D eigenvalue weighted by Crippen LogP contribution is -2.31. The van der Waals surface area contributed by atoms with Crippen LogP contribution in [0.1, 0.15) is 282 Å². The smallest absolute Gasteiger partial charge is 0.0592 e. The molecule has 7 aromatic rings. The molecule has 2 aliphatic carbocycles. The van der Waals surface area contributed by atoms with Gasteiger partial charge in [0.15, 0.2) is 0 Å². The van der Waals surface area contributed by atoms with Gasteiger partial charge in [-0.05, 0) is 130 Å². The van der Waals surface area contributed by atoms with Crippen molar-refractivity contribution in [3.63, 3.8) is 0 Å². The van der Waals surface area contributed by atoms with Crippen molar-refractivity contribution in [1.82, 2.24) is 0 Å². The molecule has 2 heteroatoms. The van der Waals surface area contributed by atoms with E-state index in [0.29, 0.717) is 0 Å². The molecule has 86 heavy (non-hydrogen) atoms. The highest BCUT2D eigenvalue weighted by Crippen LogP contribution is 2.70. The summed E-state index contributed by atoms with van der Waals surface area (Å²) < 4.78 is 0. The van der Waals surface area contributed by atoms with Gasteiger partial charge in [0.05, 0.1) is 11.4 Å². The van der Waals surface area contributed by atoms with Crippen molar-refractivity contribution in [2.75, 3.05) is 9.80 Å². The number of para-hydroxylation sites is 2. The van der Waals surface area contributed by atoms with Crippen LogP contribution in [0.15, 0.2) is 158 Å². The lowest BCUT2D eigenvalue weighted by molar-refractivity contribution is 0.395. The van der Waals surface area contributed by atoms with Gasteiger partial charge < -0.3 is 9.80 Å². The summed E-state index contributed by atoms with van der Waals surface area (Å²) in [7, 11) is 0. The van der Waals surface area contributed by atoms with E-state index in [1.54, 1.807) is 22.3 Å². The van der Waals surface area contributed by atoms with Crippen molar-refractivity contribution in [1.29, 1.82) is 0 Å². The van der Waals surface area contributed by atoms with Crippen LogP contribution in [-0.2, 0) is 21.7 Å². The lowest BCUT2D eigenvalue weighted by atomic mass is 9.67. The second kappa shape index (κ2) is 30.4. The molecule has 0 spiro atoms. The summed E-state index contributed by atoms with van der Waals surface area (Å²) >= 11 is 0.